The molecule has 1 aromatic carbocycles. The van der Waals surface area contributed by atoms with Crippen LogP contribution in [0.25, 0.3) is 0 Å². The molecule has 0 spiro atoms. The van der Waals surface area contributed by atoms with Crippen molar-refractivity contribution in [2.75, 3.05) is 20.8 Å². The summed E-state index contributed by atoms with van der Waals surface area (Å²) in [6.45, 7) is 2.88. The van der Waals surface area contributed by atoms with Gasteiger partial charge in [-0.3, -0.25) is 4.79 Å². The molecule has 0 saturated carbocycles. The van der Waals surface area contributed by atoms with Gasteiger partial charge in [0, 0.05) is 24.6 Å². The Hall–Kier alpha value is -2.50. The SMILES string of the molecule is COc1cc2c(cc1OC)[C@@H]1[C@H](C)C(=NO)C3=C(CCCC3=O)N1CC2. The Labute approximate surface area is 153 Å². The standard InChI is InChI=1S/C20H24N2O4/c1-11-19(21-24)18-14(5-4-6-15(18)23)22-8-7-12-9-16(25-2)17(26-3)10-13(12)20(11)22/h9-11,20,24H,4-8H2,1-3H3/t11-,20+/m1/s1. The quantitative estimate of drug-likeness (QED) is 0.651. The number of methoxy groups -OCH3 is 2. The third-order valence-electron chi connectivity index (χ3n) is 5.92. The summed E-state index contributed by atoms with van der Waals surface area (Å²) in [7, 11) is 3.28. The van der Waals surface area contributed by atoms with Crippen LogP contribution in [0.15, 0.2) is 28.6 Å². The number of oxime groups is 1. The Bertz CT molecular complexity index is 827. The van der Waals surface area contributed by atoms with Crippen LogP contribution in [0.2, 0.25) is 0 Å². The molecule has 3 aliphatic rings. The summed E-state index contributed by atoms with van der Waals surface area (Å²) < 4.78 is 11.0. The van der Waals surface area contributed by atoms with Crippen LogP contribution in [0.5, 0.6) is 11.5 Å². The van der Waals surface area contributed by atoms with E-state index in [1.54, 1.807) is 14.2 Å². The molecular weight excluding hydrogens is 332 g/mol. The largest absolute Gasteiger partial charge is 0.493 e. The lowest BCUT2D eigenvalue weighted by atomic mass is 9.74. The maximum Gasteiger partial charge on any atom is 0.166 e. The second-order valence-corrected chi connectivity index (χ2v) is 7.17. The first-order valence-corrected chi connectivity index (χ1v) is 9.10. The summed E-state index contributed by atoms with van der Waals surface area (Å²) in [6.07, 6.45) is 3.12. The molecule has 0 radical (unpaired) electrons. The van der Waals surface area contributed by atoms with Crippen LogP contribution in [0.1, 0.15) is 43.4 Å². The van der Waals surface area contributed by atoms with Crippen molar-refractivity contribution in [3.63, 3.8) is 0 Å². The molecule has 1 N–H and O–H groups in total. The summed E-state index contributed by atoms with van der Waals surface area (Å²) in [5.41, 5.74) is 4.59. The van der Waals surface area contributed by atoms with Crippen molar-refractivity contribution >= 4 is 11.5 Å². The molecular formula is C20H24N2O4. The molecule has 6 nitrogen and oxygen atoms in total. The number of rotatable bonds is 2. The smallest absolute Gasteiger partial charge is 0.166 e. The van der Waals surface area contributed by atoms with Crippen molar-refractivity contribution in [2.45, 2.75) is 38.6 Å². The highest BCUT2D eigenvalue weighted by molar-refractivity contribution is 6.24. The molecule has 4 rings (SSSR count). The van der Waals surface area contributed by atoms with Gasteiger partial charge >= 0.3 is 0 Å². The van der Waals surface area contributed by atoms with Crippen LogP contribution < -0.4 is 9.47 Å². The molecule has 1 aliphatic carbocycles. The van der Waals surface area contributed by atoms with E-state index >= 15 is 0 Å². The monoisotopic (exact) mass is 356 g/mol. The van der Waals surface area contributed by atoms with Crippen molar-refractivity contribution in [1.82, 2.24) is 4.90 Å². The van der Waals surface area contributed by atoms with E-state index in [0.29, 0.717) is 23.5 Å². The number of nitrogens with zero attached hydrogens (tertiary/aromatic N) is 2. The number of ether oxygens (including phenoxy) is 2. The van der Waals surface area contributed by atoms with Crippen LogP contribution in [0.3, 0.4) is 0 Å². The second kappa shape index (κ2) is 6.34. The predicted molar refractivity (Wildman–Crippen MR) is 97.0 cm³/mol. The highest BCUT2D eigenvalue weighted by Crippen LogP contribution is 2.48. The zero-order chi connectivity index (χ0) is 18.4. The summed E-state index contributed by atoms with van der Waals surface area (Å²) in [6, 6.07) is 4.12. The summed E-state index contributed by atoms with van der Waals surface area (Å²) in [5, 5.41) is 13.2. The van der Waals surface area contributed by atoms with E-state index in [1.807, 2.05) is 19.1 Å². The number of Topliss-reactive ketones (excluding diaryl/α,β-unsaturated/α-hetero) is 1. The molecule has 0 amide bonds. The number of ketones is 1. The maximum atomic E-state index is 12.5. The average molecular weight is 356 g/mol. The van der Waals surface area contributed by atoms with E-state index in [1.165, 1.54) is 5.56 Å². The zero-order valence-corrected chi connectivity index (χ0v) is 15.4. The van der Waals surface area contributed by atoms with Gasteiger partial charge in [-0.15, -0.1) is 0 Å². The van der Waals surface area contributed by atoms with E-state index in [4.69, 9.17) is 9.47 Å². The molecule has 0 unspecified atom stereocenters. The van der Waals surface area contributed by atoms with Gasteiger partial charge in [-0.05, 0) is 42.5 Å². The predicted octanol–water partition coefficient (Wildman–Crippen LogP) is 3.09. The Kier molecular flexibility index (Phi) is 4.13. The van der Waals surface area contributed by atoms with Crippen LogP contribution in [0, 0.1) is 5.92 Å². The molecule has 0 bridgehead atoms. The highest BCUT2D eigenvalue weighted by Gasteiger charge is 2.44. The number of hydrogen-bond donors (Lipinski definition) is 1. The Morgan fingerprint density at radius 1 is 1.15 bits per heavy atom. The van der Waals surface area contributed by atoms with Crippen LogP contribution in [-0.2, 0) is 11.2 Å². The molecule has 6 heteroatoms. The minimum Gasteiger partial charge on any atom is -0.493 e. The molecule has 1 aromatic rings. The van der Waals surface area contributed by atoms with Gasteiger partial charge < -0.3 is 19.6 Å². The lowest BCUT2D eigenvalue weighted by Gasteiger charge is -2.48. The Morgan fingerprint density at radius 2 is 1.88 bits per heavy atom. The Morgan fingerprint density at radius 3 is 2.58 bits per heavy atom. The van der Waals surface area contributed by atoms with Gasteiger partial charge in [0.1, 0.15) is 0 Å². The fourth-order valence-electron chi connectivity index (χ4n) is 4.74. The molecule has 26 heavy (non-hydrogen) atoms. The molecule has 2 atom stereocenters. The van der Waals surface area contributed by atoms with Gasteiger partial charge in [-0.25, -0.2) is 0 Å². The average Bonchev–Trinajstić information content (AvgIpc) is 2.67. The number of carbonyl (C=O) groups is 1. The van der Waals surface area contributed by atoms with E-state index < -0.39 is 0 Å². The first kappa shape index (κ1) is 16.9. The summed E-state index contributed by atoms with van der Waals surface area (Å²) in [5.74, 6) is 1.44. The zero-order valence-electron chi connectivity index (χ0n) is 15.4. The van der Waals surface area contributed by atoms with Crippen molar-refractivity contribution in [2.24, 2.45) is 11.1 Å². The number of benzene rings is 1. The molecule has 0 fully saturated rings. The molecule has 138 valence electrons. The normalized spacial score (nSPS) is 26.3. The molecule has 2 aliphatic heterocycles. The fraction of sp³-hybridized carbons (Fsp3) is 0.500. The maximum absolute atomic E-state index is 12.5. The number of carbonyl (C=O) groups excluding carboxylic acids is 1. The van der Waals surface area contributed by atoms with Crippen LogP contribution in [0.4, 0.5) is 0 Å². The topological polar surface area (TPSA) is 71.4 Å². The molecule has 2 heterocycles. The van der Waals surface area contributed by atoms with E-state index in [-0.39, 0.29) is 17.7 Å². The highest BCUT2D eigenvalue weighted by atomic mass is 16.5. The third kappa shape index (κ3) is 2.31. The van der Waals surface area contributed by atoms with Crippen molar-refractivity contribution in [3.05, 3.63) is 34.5 Å². The van der Waals surface area contributed by atoms with Crippen LogP contribution >= 0.6 is 0 Å². The minimum absolute atomic E-state index is 0.0362. The van der Waals surface area contributed by atoms with Gasteiger partial charge in [0.2, 0.25) is 0 Å². The van der Waals surface area contributed by atoms with Crippen molar-refractivity contribution in [1.29, 1.82) is 0 Å². The number of allylic oxidation sites excluding steroid dienone is 2. The summed E-state index contributed by atoms with van der Waals surface area (Å²) >= 11 is 0. The van der Waals surface area contributed by atoms with Gasteiger partial charge in [0.05, 0.1) is 31.5 Å². The van der Waals surface area contributed by atoms with Crippen molar-refractivity contribution in [3.8, 4) is 11.5 Å². The number of fused-ring (bicyclic) bond motifs is 4. The van der Waals surface area contributed by atoms with E-state index in [2.05, 4.69) is 10.1 Å². The van der Waals surface area contributed by atoms with Gasteiger partial charge in [-0.1, -0.05) is 12.1 Å². The van der Waals surface area contributed by atoms with E-state index in [9.17, 15) is 10.0 Å². The molecule has 0 aromatic heterocycles. The van der Waals surface area contributed by atoms with Gasteiger partial charge in [0.25, 0.3) is 0 Å². The summed E-state index contributed by atoms with van der Waals surface area (Å²) in [4.78, 5) is 14.9. The first-order chi connectivity index (χ1) is 12.6. The lowest BCUT2D eigenvalue weighted by Crippen LogP contribution is -2.47. The van der Waals surface area contributed by atoms with E-state index in [0.717, 1.165) is 42.8 Å². The van der Waals surface area contributed by atoms with Gasteiger partial charge in [-0.2, -0.15) is 0 Å². The second-order valence-electron chi connectivity index (χ2n) is 7.17. The third-order valence-corrected chi connectivity index (χ3v) is 5.92. The Balaban J connectivity index is 1.89. The molecule has 0 saturated heterocycles. The van der Waals surface area contributed by atoms with Gasteiger partial charge in [0.15, 0.2) is 17.3 Å². The minimum atomic E-state index is -0.0852. The fourth-order valence-corrected chi connectivity index (χ4v) is 4.74. The lowest BCUT2D eigenvalue weighted by molar-refractivity contribution is -0.116. The number of hydrogen-bond acceptors (Lipinski definition) is 6. The van der Waals surface area contributed by atoms with Crippen molar-refractivity contribution < 1.29 is 19.5 Å². The van der Waals surface area contributed by atoms with Crippen LogP contribution in [-0.4, -0.2) is 42.4 Å². The first-order valence-electron chi connectivity index (χ1n) is 9.10.